The van der Waals surface area contributed by atoms with E-state index in [9.17, 15) is 9.59 Å². The second-order valence-corrected chi connectivity index (χ2v) is 6.64. The van der Waals surface area contributed by atoms with Crippen molar-refractivity contribution in [1.29, 1.82) is 0 Å². The zero-order valence-corrected chi connectivity index (χ0v) is 13.3. The highest BCUT2D eigenvalue weighted by Gasteiger charge is 2.21. The number of nitrogens with one attached hydrogen (secondary N) is 1. The van der Waals surface area contributed by atoms with Gasteiger partial charge in [0.25, 0.3) is 0 Å². The number of ether oxygens (including phenoxy) is 1. The number of hydroxylamine groups is 1. The van der Waals surface area contributed by atoms with Gasteiger partial charge in [0, 0.05) is 5.41 Å². The Labute approximate surface area is 118 Å². The number of rotatable bonds is 0. The van der Waals surface area contributed by atoms with Gasteiger partial charge in [0.2, 0.25) is 0 Å². The summed E-state index contributed by atoms with van der Waals surface area (Å²) in [5, 5.41) is 0.614. The van der Waals surface area contributed by atoms with E-state index >= 15 is 0 Å². The lowest BCUT2D eigenvalue weighted by Crippen LogP contribution is -2.33. The number of aliphatic imine (C=N–C) groups is 1. The van der Waals surface area contributed by atoms with Crippen LogP contribution in [0.4, 0.5) is 9.59 Å². The molecule has 0 atom stereocenters. The highest BCUT2D eigenvalue weighted by Crippen LogP contribution is 2.23. The average molecular weight is 290 g/mol. The third-order valence-corrected chi connectivity index (χ3v) is 2.74. The van der Waals surface area contributed by atoms with Crippen molar-refractivity contribution in [3.63, 3.8) is 0 Å². The van der Waals surface area contributed by atoms with E-state index < -0.39 is 17.8 Å². The number of nitrogens with zero attached hydrogens (tertiary/aromatic N) is 1. The van der Waals surface area contributed by atoms with E-state index in [1.807, 2.05) is 32.5 Å². The van der Waals surface area contributed by atoms with Gasteiger partial charge in [-0.1, -0.05) is 20.8 Å². The van der Waals surface area contributed by atoms with Crippen LogP contribution in [0.1, 0.15) is 41.5 Å². The molecule has 0 aromatic carbocycles. The molecule has 0 spiro atoms. The van der Waals surface area contributed by atoms with E-state index in [0.717, 1.165) is 0 Å². The van der Waals surface area contributed by atoms with Crippen molar-refractivity contribution in [3.05, 3.63) is 0 Å². The number of carbonyl (C=O) groups excluding carboxylic acids is 2. The van der Waals surface area contributed by atoms with Crippen LogP contribution in [0.25, 0.3) is 0 Å². The van der Waals surface area contributed by atoms with Gasteiger partial charge < -0.3 is 9.57 Å². The van der Waals surface area contributed by atoms with E-state index in [2.05, 4.69) is 9.83 Å². The highest BCUT2D eigenvalue weighted by atomic mass is 32.2. The van der Waals surface area contributed by atoms with Gasteiger partial charge in [-0.3, -0.25) is 0 Å². The predicted octanol–water partition coefficient (Wildman–Crippen LogP) is 3.37. The Hall–Kier alpha value is -1.24. The minimum Gasteiger partial charge on any atom is -0.442 e. The molecule has 2 amide bonds. The van der Waals surface area contributed by atoms with Crippen LogP contribution in [0.3, 0.4) is 0 Å². The zero-order chi connectivity index (χ0) is 15.3. The summed E-state index contributed by atoms with van der Waals surface area (Å²) in [6.07, 6.45) is 0.0983. The van der Waals surface area contributed by atoms with Crippen molar-refractivity contribution in [3.8, 4) is 0 Å². The molecule has 0 rings (SSSR count). The largest absolute Gasteiger partial charge is 0.458 e. The highest BCUT2D eigenvalue weighted by molar-refractivity contribution is 8.13. The van der Waals surface area contributed by atoms with E-state index in [1.165, 1.54) is 11.8 Å². The zero-order valence-electron chi connectivity index (χ0n) is 12.5. The maximum atomic E-state index is 11.4. The molecular formula is C12H22N2O4S. The van der Waals surface area contributed by atoms with Gasteiger partial charge in [-0.05, 0) is 27.0 Å². The molecule has 0 aromatic rings. The molecule has 7 heteroatoms. The predicted molar refractivity (Wildman–Crippen MR) is 76.3 cm³/mol. The van der Waals surface area contributed by atoms with Gasteiger partial charge in [-0.2, -0.15) is 4.99 Å². The Bertz CT molecular complexity index is 367. The smallest absolute Gasteiger partial charge is 0.442 e. The molecule has 0 saturated heterocycles. The molecule has 0 aromatic heterocycles. The molecule has 0 aliphatic rings. The number of amides is 2. The molecule has 0 radical (unpaired) electrons. The number of carbonyl (C=O) groups is 2. The molecule has 0 aliphatic carbocycles. The normalized spacial score (nSPS) is 12.9. The first-order valence-electron chi connectivity index (χ1n) is 5.78. The van der Waals surface area contributed by atoms with Crippen LogP contribution in [0.2, 0.25) is 0 Å². The first kappa shape index (κ1) is 17.8. The van der Waals surface area contributed by atoms with Gasteiger partial charge in [0.1, 0.15) is 5.60 Å². The van der Waals surface area contributed by atoms with Crippen molar-refractivity contribution < 1.29 is 19.2 Å². The Morgan fingerprint density at radius 1 is 1.11 bits per heavy atom. The maximum absolute atomic E-state index is 11.4. The van der Waals surface area contributed by atoms with E-state index in [-0.39, 0.29) is 5.41 Å². The summed E-state index contributed by atoms with van der Waals surface area (Å²) in [5.74, 6) is 0. The lowest BCUT2D eigenvalue weighted by atomic mass is 9.99. The number of hydrogen-bond acceptors (Lipinski definition) is 5. The van der Waals surface area contributed by atoms with Crippen molar-refractivity contribution >= 4 is 29.0 Å². The van der Waals surface area contributed by atoms with Crippen molar-refractivity contribution in [2.75, 3.05) is 6.26 Å². The van der Waals surface area contributed by atoms with Gasteiger partial charge >= 0.3 is 12.2 Å². The standard InChI is InChI=1S/C12H22N2O4S/c1-11(2,3)8(19-7)13-9(15)18-14-10(16)17-12(4,5)6/h1-7H3,(H,14,16)/b13-8-. The lowest BCUT2D eigenvalue weighted by molar-refractivity contribution is 0.0167. The van der Waals surface area contributed by atoms with Gasteiger partial charge in [0.15, 0.2) is 0 Å². The number of hydrogen-bond donors (Lipinski definition) is 1. The molecule has 0 unspecified atom stereocenters. The Kier molecular flexibility index (Phi) is 6.35. The van der Waals surface area contributed by atoms with Crippen molar-refractivity contribution in [1.82, 2.24) is 5.48 Å². The monoisotopic (exact) mass is 290 g/mol. The minimum atomic E-state index is -0.884. The molecule has 0 bridgehead atoms. The van der Waals surface area contributed by atoms with Crippen LogP contribution >= 0.6 is 11.8 Å². The summed E-state index contributed by atoms with van der Waals surface area (Å²) >= 11 is 1.35. The van der Waals surface area contributed by atoms with E-state index in [4.69, 9.17) is 4.74 Å². The molecule has 1 N–H and O–H groups in total. The van der Waals surface area contributed by atoms with E-state index in [1.54, 1.807) is 20.8 Å². The quantitative estimate of drug-likeness (QED) is 0.420. The third-order valence-electron chi connectivity index (χ3n) is 1.65. The summed E-state index contributed by atoms with van der Waals surface area (Å²) in [6, 6.07) is 0. The lowest BCUT2D eigenvalue weighted by Gasteiger charge is -2.20. The molecule has 6 nitrogen and oxygen atoms in total. The molecule has 0 fully saturated rings. The summed E-state index contributed by atoms with van der Waals surface area (Å²) in [5.41, 5.74) is 0.976. The van der Waals surface area contributed by atoms with Gasteiger partial charge in [-0.15, -0.1) is 17.2 Å². The molecule has 0 saturated carbocycles. The van der Waals surface area contributed by atoms with Crippen LogP contribution in [0.5, 0.6) is 0 Å². The SMILES string of the molecule is CS/C(=N\C(=O)ONC(=O)OC(C)(C)C)C(C)(C)C. The average Bonchev–Trinajstić information content (AvgIpc) is 2.18. The fourth-order valence-corrected chi connectivity index (χ4v) is 1.79. The fraction of sp³-hybridized carbons (Fsp3) is 0.750. The third kappa shape index (κ3) is 8.47. The fourth-order valence-electron chi connectivity index (χ4n) is 1.01. The number of thioether (sulfide) groups is 1. The minimum absolute atomic E-state index is 0.260. The van der Waals surface area contributed by atoms with E-state index in [0.29, 0.717) is 5.04 Å². The van der Waals surface area contributed by atoms with Crippen LogP contribution in [-0.2, 0) is 9.57 Å². The van der Waals surface area contributed by atoms with Crippen LogP contribution in [0.15, 0.2) is 4.99 Å². The topological polar surface area (TPSA) is 77.0 Å². The van der Waals surface area contributed by atoms with Gasteiger partial charge in [0.05, 0.1) is 5.04 Å². The Balaban J connectivity index is 4.41. The second kappa shape index (κ2) is 6.79. The molecular weight excluding hydrogens is 268 g/mol. The molecule has 0 aliphatic heterocycles. The van der Waals surface area contributed by atoms with Crippen LogP contribution in [-0.4, -0.2) is 29.1 Å². The summed E-state index contributed by atoms with van der Waals surface area (Å²) < 4.78 is 4.91. The van der Waals surface area contributed by atoms with Crippen LogP contribution < -0.4 is 5.48 Å². The van der Waals surface area contributed by atoms with Crippen molar-refractivity contribution in [2.24, 2.45) is 10.4 Å². The maximum Gasteiger partial charge on any atom is 0.458 e. The second-order valence-electron chi connectivity index (χ2n) is 5.84. The Morgan fingerprint density at radius 2 is 1.63 bits per heavy atom. The first-order chi connectivity index (χ1) is 8.45. The summed E-state index contributed by atoms with van der Waals surface area (Å²) in [7, 11) is 0. The van der Waals surface area contributed by atoms with Gasteiger partial charge in [-0.25, -0.2) is 9.59 Å². The van der Waals surface area contributed by atoms with Crippen LogP contribution in [0, 0.1) is 5.41 Å². The summed E-state index contributed by atoms with van der Waals surface area (Å²) in [4.78, 5) is 31.0. The Morgan fingerprint density at radius 3 is 2.00 bits per heavy atom. The van der Waals surface area contributed by atoms with Crippen molar-refractivity contribution in [2.45, 2.75) is 47.1 Å². The molecule has 19 heavy (non-hydrogen) atoms. The molecule has 110 valence electrons. The molecule has 0 heterocycles. The summed E-state index contributed by atoms with van der Waals surface area (Å²) in [6.45, 7) is 10.9. The first-order valence-corrected chi connectivity index (χ1v) is 7.01.